The van der Waals surface area contributed by atoms with E-state index in [-0.39, 0.29) is 18.6 Å². The van der Waals surface area contributed by atoms with Crippen LogP contribution in [-0.2, 0) is 0 Å². The van der Waals surface area contributed by atoms with Crippen molar-refractivity contribution in [2.75, 3.05) is 14.1 Å². The van der Waals surface area contributed by atoms with Crippen LogP contribution in [0.25, 0.3) is 0 Å². The Labute approximate surface area is 51.1 Å². The SMILES string of the molecule is CC(N)N(C)C.Cl. The number of nitrogens with two attached hydrogens (primary N) is 1. The van der Waals surface area contributed by atoms with Crippen LogP contribution in [0.4, 0.5) is 0 Å². The number of halogens is 1. The first-order chi connectivity index (χ1) is 2.64. The summed E-state index contributed by atoms with van der Waals surface area (Å²) in [5, 5.41) is 0. The first-order valence-electron chi connectivity index (χ1n) is 2.06. The molecule has 0 saturated heterocycles. The lowest BCUT2D eigenvalue weighted by Gasteiger charge is -2.12. The van der Waals surface area contributed by atoms with Gasteiger partial charge in [0.05, 0.1) is 6.17 Å². The molecular weight excluding hydrogens is 112 g/mol. The van der Waals surface area contributed by atoms with E-state index in [2.05, 4.69) is 0 Å². The lowest BCUT2D eigenvalue weighted by Crippen LogP contribution is -2.32. The van der Waals surface area contributed by atoms with Crippen LogP contribution in [0.3, 0.4) is 0 Å². The molecule has 2 N–H and O–H groups in total. The second-order valence-electron chi connectivity index (χ2n) is 1.70. The fourth-order valence-corrected chi connectivity index (χ4v) is 0. The maximum atomic E-state index is 5.36. The van der Waals surface area contributed by atoms with Gasteiger partial charge in [-0.1, -0.05) is 0 Å². The van der Waals surface area contributed by atoms with E-state index >= 15 is 0 Å². The van der Waals surface area contributed by atoms with Gasteiger partial charge in [0, 0.05) is 0 Å². The molecule has 2 nitrogen and oxygen atoms in total. The molecule has 46 valence electrons. The Morgan fingerprint density at radius 1 is 1.43 bits per heavy atom. The average molecular weight is 125 g/mol. The second-order valence-corrected chi connectivity index (χ2v) is 1.70. The maximum absolute atomic E-state index is 5.36. The molecule has 0 aliphatic rings. The standard InChI is InChI=1S/C4H12N2.ClH/c1-4(5)6(2)3;/h4H,5H2,1-3H3;1H. The van der Waals surface area contributed by atoms with Crippen molar-refractivity contribution in [1.82, 2.24) is 4.90 Å². The zero-order valence-electron chi connectivity index (χ0n) is 5.01. The first kappa shape index (κ1) is 10.2. The molecular formula is C4H13ClN2. The molecule has 3 heteroatoms. The summed E-state index contributed by atoms with van der Waals surface area (Å²) < 4.78 is 0. The molecule has 0 heterocycles. The van der Waals surface area contributed by atoms with Crippen LogP contribution < -0.4 is 5.73 Å². The van der Waals surface area contributed by atoms with Crippen LogP contribution in [0.2, 0.25) is 0 Å². The summed E-state index contributed by atoms with van der Waals surface area (Å²) in [5.41, 5.74) is 5.36. The fraction of sp³-hybridized carbons (Fsp3) is 1.00. The van der Waals surface area contributed by atoms with Crippen molar-refractivity contribution in [3.05, 3.63) is 0 Å². The zero-order valence-corrected chi connectivity index (χ0v) is 5.83. The molecule has 0 aliphatic heterocycles. The predicted molar refractivity (Wildman–Crippen MR) is 34.6 cm³/mol. The monoisotopic (exact) mass is 124 g/mol. The van der Waals surface area contributed by atoms with Gasteiger partial charge >= 0.3 is 0 Å². The van der Waals surface area contributed by atoms with Gasteiger partial charge in [-0.3, -0.25) is 4.90 Å². The van der Waals surface area contributed by atoms with Crippen LogP contribution >= 0.6 is 12.4 Å². The van der Waals surface area contributed by atoms with Crippen LogP contribution in [0.15, 0.2) is 0 Å². The quantitative estimate of drug-likeness (QED) is 0.509. The Hall–Kier alpha value is 0.210. The second kappa shape index (κ2) is 4.37. The third-order valence-electron chi connectivity index (χ3n) is 0.815. The summed E-state index contributed by atoms with van der Waals surface area (Å²) in [6.45, 7) is 1.94. The molecule has 7 heavy (non-hydrogen) atoms. The summed E-state index contributed by atoms with van der Waals surface area (Å²) >= 11 is 0. The smallest absolute Gasteiger partial charge is 0.0537 e. The van der Waals surface area contributed by atoms with E-state index in [4.69, 9.17) is 5.73 Å². The number of hydrogen-bond donors (Lipinski definition) is 1. The van der Waals surface area contributed by atoms with Crippen molar-refractivity contribution < 1.29 is 0 Å². The molecule has 0 amide bonds. The van der Waals surface area contributed by atoms with Gasteiger partial charge in [-0.15, -0.1) is 12.4 Å². The molecule has 0 rings (SSSR count). The molecule has 0 bridgehead atoms. The highest BCUT2D eigenvalue weighted by Crippen LogP contribution is 1.75. The molecule has 1 atom stereocenters. The van der Waals surface area contributed by atoms with Crippen molar-refractivity contribution in [3.63, 3.8) is 0 Å². The molecule has 0 aromatic rings. The van der Waals surface area contributed by atoms with E-state index in [1.807, 2.05) is 25.9 Å². The largest absolute Gasteiger partial charge is 0.316 e. The molecule has 0 aromatic carbocycles. The Morgan fingerprint density at radius 2 is 1.57 bits per heavy atom. The number of rotatable bonds is 1. The molecule has 0 spiro atoms. The van der Waals surface area contributed by atoms with Crippen molar-refractivity contribution in [2.45, 2.75) is 13.1 Å². The molecule has 0 aliphatic carbocycles. The maximum Gasteiger partial charge on any atom is 0.0537 e. The fourth-order valence-electron chi connectivity index (χ4n) is 0. The van der Waals surface area contributed by atoms with E-state index < -0.39 is 0 Å². The molecule has 0 radical (unpaired) electrons. The Kier molecular flexibility index (Phi) is 6.40. The topological polar surface area (TPSA) is 29.3 Å². The van der Waals surface area contributed by atoms with Gasteiger partial charge in [0.15, 0.2) is 0 Å². The summed E-state index contributed by atoms with van der Waals surface area (Å²) in [6.07, 6.45) is 0.185. The van der Waals surface area contributed by atoms with Gasteiger partial charge in [-0.05, 0) is 21.0 Å². The molecule has 0 saturated carbocycles. The molecule has 0 fully saturated rings. The minimum absolute atomic E-state index is 0. The average Bonchev–Trinajstić information content (AvgIpc) is 1.36. The van der Waals surface area contributed by atoms with Gasteiger partial charge < -0.3 is 5.73 Å². The van der Waals surface area contributed by atoms with Crippen LogP contribution in [0, 0.1) is 0 Å². The van der Waals surface area contributed by atoms with Crippen LogP contribution in [-0.4, -0.2) is 25.2 Å². The van der Waals surface area contributed by atoms with Gasteiger partial charge in [0.25, 0.3) is 0 Å². The lowest BCUT2D eigenvalue weighted by atomic mass is 10.6. The number of hydrogen-bond acceptors (Lipinski definition) is 2. The summed E-state index contributed by atoms with van der Waals surface area (Å²) in [5.74, 6) is 0. The normalized spacial score (nSPS) is 13.3. The van der Waals surface area contributed by atoms with Gasteiger partial charge in [-0.2, -0.15) is 0 Å². The molecule has 1 unspecified atom stereocenters. The summed E-state index contributed by atoms with van der Waals surface area (Å²) in [6, 6.07) is 0. The third kappa shape index (κ3) is 6.21. The summed E-state index contributed by atoms with van der Waals surface area (Å²) in [4.78, 5) is 1.94. The zero-order chi connectivity index (χ0) is 5.15. The Balaban J connectivity index is 0. The molecule has 0 aromatic heterocycles. The van der Waals surface area contributed by atoms with Crippen LogP contribution in [0.1, 0.15) is 6.92 Å². The van der Waals surface area contributed by atoms with Crippen molar-refractivity contribution in [2.24, 2.45) is 5.73 Å². The van der Waals surface area contributed by atoms with E-state index in [0.717, 1.165) is 0 Å². The van der Waals surface area contributed by atoms with Gasteiger partial charge in [-0.25, -0.2) is 0 Å². The van der Waals surface area contributed by atoms with E-state index in [1.165, 1.54) is 0 Å². The minimum Gasteiger partial charge on any atom is -0.316 e. The predicted octanol–water partition coefficient (Wildman–Crippen LogP) is 0.275. The summed E-state index contributed by atoms with van der Waals surface area (Å²) in [7, 11) is 3.90. The Morgan fingerprint density at radius 3 is 1.57 bits per heavy atom. The third-order valence-corrected chi connectivity index (χ3v) is 0.815. The lowest BCUT2D eigenvalue weighted by molar-refractivity contribution is 0.322. The van der Waals surface area contributed by atoms with E-state index in [1.54, 1.807) is 0 Å². The van der Waals surface area contributed by atoms with Crippen LogP contribution in [0.5, 0.6) is 0 Å². The van der Waals surface area contributed by atoms with E-state index in [0.29, 0.717) is 0 Å². The number of nitrogens with zero attached hydrogens (tertiary/aromatic N) is 1. The Bertz CT molecular complexity index is 30.7. The van der Waals surface area contributed by atoms with Crippen molar-refractivity contribution in [3.8, 4) is 0 Å². The van der Waals surface area contributed by atoms with E-state index in [9.17, 15) is 0 Å². The minimum atomic E-state index is 0. The highest BCUT2D eigenvalue weighted by Gasteiger charge is 1.90. The highest BCUT2D eigenvalue weighted by molar-refractivity contribution is 5.85. The van der Waals surface area contributed by atoms with Crippen molar-refractivity contribution in [1.29, 1.82) is 0 Å². The van der Waals surface area contributed by atoms with Gasteiger partial charge in [0.2, 0.25) is 0 Å². The highest BCUT2D eigenvalue weighted by atomic mass is 35.5. The van der Waals surface area contributed by atoms with Gasteiger partial charge in [0.1, 0.15) is 0 Å². The van der Waals surface area contributed by atoms with Crippen molar-refractivity contribution >= 4 is 12.4 Å². The first-order valence-corrected chi connectivity index (χ1v) is 2.06.